The molecule has 1 heterocycles. The van der Waals surface area contributed by atoms with E-state index in [2.05, 4.69) is 24.1 Å². The predicted octanol–water partition coefficient (Wildman–Crippen LogP) is 3.23. The van der Waals surface area contributed by atoms with Crippen LogP contribution in [0.2, 0.25) is 0 Å². The van der Waals surface area contributed by atoms with Crippen LogP contribution in [0.15, 0.2) is 34.9 Å². The zero-order valence-corrected chi connectivity index (χ0v) is 10.6. The molecule has 0 aliphatic carbocycles. The van der Waals surface area contributed by atoms with Gasteiger partial charge in [-0.1, -0.05) is 26.0 Å². The van der Waals surface area contributed by atoms with Crippen LogP contribution in [0.25, 0.3) is 11.3 Å². The van der Waals surface area contributed by atoms with Crippen molar-refractivity contribution in [3.63, 3.8) is 0 Å². The predicted molar refractivity (Wildman–Crippen MR) is 68.4 cm³/mol. The first-order chi connectivity index (χ1) is 8.65. The summed E-state index contributed by atoms with van der Waals surface area (Å²) in [5, 5.41) is 3.25. The van der Waals surface area contributed by atoms with Gasteiger partial charge >= 0.3 is 0 Å². The zero-order valence-electron chi connectivity index (χ0n) is 10.6. The fourth-order valence-corrected chi connectivity index (χ4v) is 1.63. The van der Waals surface area contributed by atoms with Gasteiger partial charge in [-0.2, -0.15) is 0 Å². The van der Waals surface area contributed by atoms with E-state index in [-0.39, 0.29) is 5.82 Å². The van der Waals surface area contributed by atoms with E-state index in [1.54, 1.807) is 18.3 Å². The summed E-state index contributed by atoms with van der Waals surface area (Å²) in [7, 11) is 0. The van der Waals surface area contributed by atoms with E-state index in [0.29, 0.717) is 29.7 Å². The van der Waals surface area contributed by atoms with Crippen LogP contribution in [0.4, 0.5) is 4.39 Å². The molecule has 0 aliphatic heterocycles. The first-order valence-electron chi connectivity index (χ1n) is 6.06. The highest BCUT2D eigenvalue weighted by atomic mass is 19.1. The van der Waals surface area contributed by atoms with Gasteiger partial charge in [0.2, 0.25) is 5.89 Å². The molecule has 0 radical (unpaired) electrons. The molecular formula is C14H17FN2O. The molecule has 0 aliphatic rings. The number of benzene rings is 1. The molecule has 0 unspecified atom stereocenters. The normalized spacial score (nSPS) is 11.1. The van der Waals surface area contributed by atoms with Crippen molar-refractivity contribution in [1.82, 2.24) is 10.3 Å². The SMILES string of the molecule is CC(C)CNCc1ncc(-c2cccc(F)c2)o1. The van der Waals surface area contributed by atoms with Crippen LogP contribution in [-0.2, 0) is 6.54 Å². The van der Waals surface area contributed by atoms with Crippen LogP contribution in [0.1, 0.15) is 19.7 Å². The maximum Gasteiger partial charge on any atom is 0.208 e. The molecule has 2 rings (SSSR count). The van der Waals surface area contributed by atoms with Crippen molar-refractivity contribution in [3.05, 3.63) is 42.2 Å². The summed E-state index contributed by atoms with van der Waals surface area (Å²) in [6.07, 6.45) is 1.63. The molecule has 0 spiro atoms. The molecule has 96 valence electrons. The van der Waals surface area contributed by atoms with Crippen molar-refractivity contribution >= 4 is 0 Å². The summed E-state index contributed by atoms with van der Waals surface area (Å²) in [6.45, 7) is 5.78. The minimum Gasteiger partial charge on any atom is -0.439 e. The molecule has 1 N–H and O–H groups in total. The van der Waals surface area contributed by atoms with E-state index in [0.717, 1.165) is 6.54 Å². The van der Waals surface area contributed by atoms with Gasteiger partial charge in [0.25, 0.3) is 0 Å². The molecule has 18 heavy (non-hydrogen) atoms. The number of aromatic nitrogens is 1. The highest BCUT2D eigenvalue weighted by Gasteiger charge is 2.07. The monoisotopic (exact) mass is 248 g/mol. The van der Waals surface area contributed by atoms with Gasteiger partial charge in [0.05, 0.1) is 12.7 Å². The summed E-state index contributed by atoms with van der Waals surface area (Å²) in [6, 6.07) is 6.30. The summed E-state index contributed by atoms with van der Waals surface area (Å²) >= 11 is 0. The first kappa shape index (κ1) is 12.8. The van der Waals surface area contributed by atoms with Gasteiger partial charge in [-0.3, -0.25) is 0 Å². The largest absolute Gasteiger partial charge is 0.439 e. The molecule has 3 nitrogen and oxygen atoms in total. The summed E-state index contributed by atoms with van der Waals surface area (Å²) in [4.78, 5) is 4.17. The van der Waals surface area contributed by atoms with Crippen molar-refractivity contribution in [3.8, 4) is 11.3 Å². The standard InChI is InChI=1S/C14H17FN2O/c1-10(2)7-16-9-14-17-8-13(18-14)11-4-3-5-12(15)6-11/h3-6,8,10,16H,7,9H2,1-2H3. The summed E-state index contributed by atoms with van der Waals surface area (Å²) in [5.41, 5.74) is 0.706. The Hall–Kier alpha value is -1.68. The third-order valence-electron chi connectivity index (χ3n) is 2.49. The molecule has 4 heteroatoms. The van der Waals surface area contributed by atoms with Gasteiger partial charge < -0.3 is 9.73 Å². The van der Waals surface area contributed by atoms with Crippen LogP contribution in [0, 0.1) is 11.7 Å². The third-order valence-corrected chi connectivity index (χ3v) is 2.49. The molecule has 2 aromatic rings. The maximum atomic E-state index is 13.1. The number of nitrogens with one attached hydrogen (secondary N) is 1. The fraction of sp³-hybridized carbons (Fsp3) is 0.357. The lowest BCUT2D eigenvalue weighted by Gasteiger charge is -2.04. The Morgan fingerprint density at radius 1 is 1.39 bits per heavy atom. The fourth-order valence-electron chi connectivity index (χ4n) is 1.63. The Morgan fingerprint density at radius 2 is 2.22 bits per heavy atom. The Labute approximate surface area is 106 Å². The molecule has 0 fully saturated rings. The van der Waals surface area contributed by atoms with E-state index in [9.17, 15) is 4.39 Å². The minimum absolute atomic E-state index is 0.275. The van der Waals surface area contributed by atoms with Gasteiger partial charge in [-0.25, -0.2) is 9.37 Å². The smallest absolute Gasteiger partial charge is 0.208 e. The lowest BCUT2D eigenvalue weighted by molar-refractivity contribution is 0.459. The van der Waals surface area contributed by atoms with Crippen molar-refractivity contribution in [1.29, 1.82) is 0 Å². The molecule has 0 atom stereocenters. The zero-order chi connectivity index (χ0) is 13.0. The highest BCUT2D eigenvalue weighted by molar-refractivity contribution is 5.56. The molecule has 1 aromatic carbocycles. The van der Waals surface area contributed by atoms with Crippen molar-refractivity contribution in [2.75, 3.05) is 6.54 Å². The Morgan fingerprint density at radius 3 is 2.94 bits per heavy atom. The molecule has 0 amide bonds. The Balaban J connectivity index is 2.02. The summed E-state index contributed by atoms with van der Waals surface area (Å²) in [5.74, 6) is 1.52. The number of nitrogens with zero attached hydrogens (tertiary/aromatic N) is 1. The summed E-state index contributed by atoms with van der Waals surface area (Å²) < 4.78 is 18.6. The van der Waals surface area contributed by atoms with Gasteiger partial charge in [0.15, 0.2) is 5.76 Å². The highest BCUT2D eigenvalue weighted by Crippen LogP contribution is 2.20. The Bertz CT molecular complexity index is 508. The van der Waals surface area contributed by atoms with Crippen LogP contribution < -0.4 is 5.32 Å². The van der Waals surface area contributed by atoms with Gasteiger partial charge in [-0.05, 0) is 24.6 Å². The van der Waals surface area contributed by atoms with Crippen LogP contribution >= 0.6 is 0 Å². The number of oxazole rings is 1. The maximum absolute atomic E-state index is 13.1. The van der Waals surface area contributed by atoms with E-state index < -0.39 is 0 Å². The number of hydrogen-bond donors (Lipinski definition) is 1. The second-order valence-electron chi connectivity index (χ2n) is 4.65. The van der Waals surface area contributed by atoms with Crippen LogP contribution in [-0.4, -0.2) is 11.5 Å². The average molecular weight is 248 g/mol. The quantitative estimate of drug-likeness (QED) is 0.882. The molecule has 0 saturated heterocycles. The third kappa shape index (κ3) is 3.40. The molecule has 1 aromatic heterocycles. The lowest BCUT2D eigenvalue weighted by Crippen LogP contribution is -2.18. The molecular weight excluding hydrogens is 231 g/mol. The second kappa shape index (κ2) is 5.78. The average Bonchev–Trinajstić information content (AvgIpc) is 2.77. The minimum atomic E-state index is -0.275. The molecule has 0 bridgehead atoms. The second-order valence-corrected chi connectivity index (χ2v) is 4.65. The van der Waals surface area contributed by atoms with E-state index >= 15 is 0 Å². The number of halogens is 1. The van der Waals surface area contributed by atoms with Gasteiger partial charge in [0.1, 0.15) is 5.82 Å². The van der Waals surface area contributed by atoms with Gasteiger partial charge in [-0.15, -0.1) is 0 Å². The lowest BCUT2D eigenvalue weighted by atomic mass is 10.2. The van der Waals surface area contributed by atoms with E-state index in [1.165, 1.54) is 12.1 Å². The van der Waals surface area contributed by atoms with Crippen molar-refractivity contribution < 1.29 is 8.81 Å². The molecule has 0 saturated carbocycles. The van der Waals surface area contributed by atoms with Crippen LogP contribution in [0.5, 0.6) is 0 Å². The number of hydrogen-bond acceptors (Lipinski definition) is 3. The topological polar surface area (TPSA) is 38.1 Å². The van der Waals surface area contributed by atoms with Gasteiger partial charge in [0, 0.05) is 5.56 Å². The van der Waals surface area contributed by atoms with Crippen molar-refractivity contribution in [2.24, 2.45) is 5.92 Å². The Kier molecular flexibility index (Phi) is 4.10. The first-order valence-corrected chi connectivity index (χ1v) is 6.06. The van der Waals surface area contributed by atoms with E-state index in [4.69, 9.17) is 4.42 Å². The van der Waals surface area contributed by atoms with Crippen LogP contribution in [0.3, 0.4) is 0 Å². The number of rotatable bonds is 5. The van der Waals surface area contributed by atoms with E-state index in [1.807, 2.05) is 0 Å². The van der Waals surface area contributed by atoms with Crippen molar-refractivity contribution in [2.45, 2.75) is 20.4 Å².